The Balaban J connectivity index is 2.11. The van der Waals surface area contributed by atoms with Crippen LogP contribution in [0.5, 0.6) is 0 Å². The monoisotopic (exact) mass is 201 g/mol. The Morgan fingerprint density at radius 1 is 1.64 bits per heavy atom. The van der Waals surface area contributed by atoms with Crippen LogP contribution in [0.25, 0.3) is 0 Å². The summed E-state index contributed by atoms with van der Waals surface area (Å²) in [6.45, 7) is 0.550. The summed E-state index contributed by atoms with van der Waals surface area (Å²) in [5.74, 6) is -1.11. The zero-order chi connectivity index (χ0) is 10.1. The first-order valence-electron chi connectivity index (χ1n) is 4.26. The van der Waals surface area contributed by atoms with Crippen molar-refractivity contribution >= 4 is 5.91 Å². The lowest BCUT2D eigenvalue weighted by Gasteiger charge is -2.25. The number of fused-ring (bicyclic) bond motifs is 1. The van der Waals surface area contributed by atoms with Crippen LogP contribution in [0.1, 0.15) is 11.3 Å². The first-order valence-corrected chi connectivity index (χ1v) is 4.26. The number of H-pyrrole nitrogens is 1. The van der Waals surface area contributed by atoms with Crippen LogP contribution >= 0.6 is 0 Å². The van der Waals surface area contributed by atoms with Crippen LogP contribution in [-0.2, 0) is 17.8 Å². The maximum absolute atomic E-state index is 12.1. The molecule has 0 unspecified atom stereocenters. The zero-order valence-electron chi connectivity index (χ0n) is 7.33. The van der Waals surface area contributed by atoms with Crippen LogP contribution in [0.3, 0.4) is 0 Å². The van der Waals surface area contributed by atoms with Crippen molar-refractivity contribution in [2.75, 3.05) is 6.54 Å². The summed E-state index contributed by atoms with van der Waals surface area (Å²) < 4.78 is 24.2. The molecule has 0 spiro atoms. The predicted molar refractivity (Wildman–Crippen MR) is 43.7 cm³/mol. The number of nitrogens with one attached hydrogen (secondary N) is 1. The molecule has 4 nitrogen and oxygen atoms in total. The fraction of sp³-hybridized carbons (Fsp3) is 0.500. The summed E-state index contributed by atoms with van der Waals surface area (Å²) in [7, 11) is 0. The Kier molecular flexibility index (Phi) is 2.18. The van der Waals surface area contributed by atoms with Crippen LogP contribution in [0.4, 0.5) is 8.78 Å². The molecule has 0 aliphatic carbocycles. The molecule has 2 rings (SSSR count). The molecule has 0 radical (unpaired) electrons. The van der Waals surface area contributed by atoms with E-state index in [1.807, 2.05) is 0 Å². The molecular weight excluding hydrogens is 192 g/mol. The lowest BCUT2D eigenvalue weighted by Crippen LogP contribution is -2.39. The highest BCUT2D eigenvalue weighted by Gasteiger charge is 2.27. The SMILES string of the molecule is O=C(C(F)F)N1CCc2cn[nH]c2C1. The molecule has 1 aliphatic heterocycles. The Morgan fingerprint density at radius 2 is 2.43 bits per heavy atom. The number of alkyl halides is 2. The van der Waals surface area contributed by atoms with Gasteiger partial charge in [0.1, 0.15) is 0 Å². The molecule has 1 aliphatic rings. The van der Waals surface area contributed by atoms with E-state index < -0.39 is 12.3 Å². The zero-order valence-corrected chi connectivity index (χ0v) is 7.33. The van der Waals surface area contributed by atoms with Crippen molar-refractivity contribution in [1.29, 1.82) is 0 Å². The molecule has 0 atom stereocenters. The minimum atomic E-state index is -2.92. The molecule has 0 bridgehead atoms. The van der Waals surface area contributed by atoms with Crippen LogP contribution < -0.4 is 0 Å². The van der Waals surface area contributed by atoms with E-state index in [4.69, 9.17) is 0 Å². The number of amides is 1. The van der Waals surface area contributed by atoms with Crippen LogP contribution in [-0.4, -0.2) is 34.0 Å². The maximum Gasteiger partial charge on any atom is 0.315 e. The van der Waals surface area contributed by atoms with Gasteiger partial charge in [-0.15, -0.1) is 0 Å². The molecule has 0 fully saturated rings. The van der Waals surface area contributed by atoms with Gasteiger partial charge in [-0.1, -0.05) is 0 Å². The summed E-state index contributed by atoms with van der Waals surface area (Å²) >= 11 is 0. The van der Waals surface area contributed by atoms with Gasteiger partial charge in [0.15, 0.2) is 0 Å². The van der Waals surface area contributed by atoms with Gasteiger partial charge in [0.25, 0.3) is 5.91 Å². The third kappa shape index (κ3) is 1.47. The van der Waals surface area contributed by atoms with E-state index in [0.29, 0.717) is 13.0 Å². The van der Waals surface area contributed by atoms with Crippen LogP contribution in [0, 0.1) is 0 Å². The Morgan fingerprint density at radius 3 is 3.14 bits per heavy atom. The molecule has 1 amide bonds. The van der Waals surface area contributed by atoms with Gasteiger partial charge in [-0.2, -0.15) is 13.9 Å². The summed E-state index contributed by atoms with van der Waals surface area (Å²) in [6, 6.07) is 0. The van der Waals surface area contributed by atoms with E-state index in [9.17, 15) is 13.6 Å². The number of aromatic amines is 1. The molecule has 0 saturated heterocycles. The minimum Gasteiger partial charge on any atom is -0.332 e. The van der Waals surface area contributed by atoms with Crippen molar-refractivity contribution in [3.05, 3.63) is 17.5 Å². The van der Waals surface area contributed by atoms with Crippen molar-refractivity contribution in [1.82, 2.24) is 15.1 Å². The maximum atomic E-state index is 12.1. The number of hydrogen-bond donors (Lipinski definition) is 1. The van der Waals surface area contributed by atoms with E-state index in [-0.39, 0.29) is 6.54 Å². The van der Waals surface area contributed by atoms with E-state index in [1.54, 1.807) is 6.20 Å². The van der Waals surface area contributed by atoms with E-state index in [2.05, 4.69) is 10.2 Å². The molecule has 0 saturated carbocycles. The number of carbonyl (C=O) groups is 1. The molecule has 1 N–H and O–H groups in total. The molecule has 1 aromatic heterocycles. The number of rotatable bonds is 1. The number of nitrogens with zero attached hydrogens (tertiary/aromatic N) is 2. The highest BCUT2D eigenvalue weighted by molar-refractivity contribution is 5.79. The number of halogens is 2. The van der Waals surface area contributed by atoms with Crippen molar-refractivity contribution in [3.63, 3.8) is 0 Å². The molecule has 6 heteroatoms. The Bertz CT molecular complexity index is 350. The second kappa shape index (κ2) is 3.36. The summed E-state index contributed by atoms with van der Waals surface area (Å²) in [5, 5.41) is 6.48. The van der Waals surface area contributed by atoms with Gasteiger partial charge in [-0.25, -0.2) is 0 Å². The molecule has 14 heavy (non-hydrogen) atoms. The fourth-order valence-corrected chi connectivity index (χ4v) is 1.54. The molecule has 1 aromatic rings. The number of aromatic nitrogens is 2. The summed E-state index contributed by atoms with van der Waals surface area (Å²) in [4.78, 5) is 12.1. The lowest BCUT2D eigenvalue weighted by molar-refractivity contribution is -0.143. The lowest BCUT2D eigenvalue weighted by atomic mass is 10.1. The largest absolute Gasteiger partial charge is 0.332 e. The van der Waals surface area contributed by atoms with Crippen molar-refractivity contribution in [3.8, 4) is 0 Å². The smallest absolute Gasteiger partial charge is 0.315 e. The van der Waals surface area contributed by atoms with Gasteiger partial charge >= 0.3 is 6.43 Å². The first kappa shape index (κ1) is 9.11. The molecule has 2 heterocycles. The normalized spacial score (nSPS) is 15.8. The second-order valence-electron chi connectivity index (χ2n) is 3.18. The third-order valence-corrected chi connectivity index (χ3v) is 2.31. The number of carbonyl (C=O) groups excluding carboxylic acids is 1. The van der Waals surface area contributed by atoms with E-state index >= 15 is 0 Å². The van der Waals surface area contributed by atoms with E-state index in [0.717, 1.165) is 16.2 Å². The highest BCUT2D eigenvalue weighted by atomic mass is 19.3. The summed E-state index contributed by atoms with van der Waals surface area (Å²) in [5.41, 5.74) is 1.76. The fourth-order valence-electron chi connectivity index (χ4n) is 1.54. The standard InChI is InChI=1S/C8H9F2N3O/c9-7(10)8(14)13-2-1-5-3-11-12-6(5)4-13/h3,7H,1-2,4H2,(H,11,12). The van der Waals surface area contributed by atoms with Gasteiger partial charge in [0.2, 0.25) is 0 Å². The van der Waals surface area contributed by atoms with Gasteiger partial charge in [-0.3, -0.25) is 9.89 Å². The molecular formula is C8H9F2N3O. The second-order valence-corrected chi connectivity index (χ2v) is 3.18. The van der Waals surface area contributed by atoms with Crippen LogP contribution in [0.2, 0.25) is 0 Å². The van der Waals surface area contributed by atoms with E-state index in [1.165, 1.54) is 0 Å². The van der Waals surface area contributed by atoms with Crippen molar-refractivity contribution in [2.45, 2.75) is 19.4 Å². The van der Waals surface area contributed by atoms with Crippen molar-refractivity contribution < 1.29 is 13.6 Å². The number of hydrogen-bond acceptors (Lipinski definition) is 2. The van der Waals surface area contributed by atoms with Gasteiger partial charge < -0.3 is 4.90 Å². The summed E-state index contributed by atoms with van der Waals surface area (Å²) in [6.07, 6.45) is -0.663. The molecule has 76 valence electrons. The average Bonchev–Trinajstić information content (AvgIpc) is 2.62. The third-order valence-electron chi connectivity index (χ3n) is 2.31. The topological polar surface area (TPSA) is 49.0 Å². The predicted octanol–water partition coefficient (Wildman–Crippen LogP) is 0.559. The van der Waals surface area contributed by atoms with Gasteiger partial charge in [0, 0.05) is 6.54 Å². The van der Waals surface area contributed by atoms with Crippen LogP contribution in [0.15, 0.2) is 6.20 Å². The van der Waals surface area contributed by atoms with Gasteiger partial charge in [-0.05, 0) is 12.0 Å². The average molecular weight is 201 g/mol. The minimum absolute atomic E-state index is 0.207. The first-order chi connectivity index (χ1) is 6.68. The highest BCUT2D eigenvalue weighted by Crippen LogP contribution is 2.17. The Labute approximate surface area is 78.9 Å². The van der Waals surface area contributed by atoms with Gasteiger partial charge in [0.05, 0.1) is 18.4 Å². The Hall–Kier alpha value is -1.46. The van der Waals surface area contributed by atoms with Crippen molar-refractivity contribution in [2.24, 2.45) is 0 Å². The quantitative estimate of drug-likeness (QED) is 0.721. The molecule has 0 aromatic carbocycles.